The average Bonchev–Trinajstić information content (AvgIpc) is 2.87. The predicted octanol–water partition coefficient (Wildman–Crippen LogP) is 0.416. The molecule has 1 atom stereocenters. The maximum Gasteiger partial charge on any atom is 0.322 e. The van der Waals surface area contributed by atoms with Crippen LogP contribution in [0, 0.1) is 0 Å². The lowest BCUT2D eigenvalue weighted by Gasteiger charge is -2.33. The zero-order chi connectivity index (χ0) is 21.2. The van der Waals surface area contributed by atoms with Crippen molar-refractivity contribution >= 4 is 33.6 Å². The van der Waals surface area contributed by atoms with Gasteiger partial charge < -0.3 is 15.4 Å². The van der Waals surface area contributed by atoms with Gasteiger partial charge in [-0.2, -0.15) is 0 Å². The number of nitrogens with one attached hydrogen (secondary N) is 3. The van der Waals surface area contributed by atoms with Crippen molar-refractivity contribution in [3.63, 3.8) is 0 Å². The fraction of sp³-hybridized carbons (Fsp3) is 0.500. The van der Waals surface area contributed by atoms with Gasteiger partial charge in [0.05, 0.1) is 5.75 Å². The summed E-state index contributed by atoms with van der Waals surface area (Å²) in [6.07, 6.45) is 0.863. The van der Waals surface area contributed by atoms with E-state index >= 15 is 0 Å². The summed E-state index contributed by atoms with van der Waals surface area (Å²) < 4.78 is 32.7. The quantitative estimate of drug-likeness (QED) is 0.567. The summed E-state index contributed by atoms with van der Waals surface area (Å²) in [5.41, 5.74) is -0.805. The van der Waals surface area contributed by atoms with Gasteiger partial charge in [0.2, 0.25) is 15.9 Å². The topological polar surface area (TPSA) is 134 Å². The summed E-state index contributed by atoms with van der Waals surface area (Å²) in [7, 11) is -3.73. The highest BCUT2D eigenvalue weighted by molar-refractivity contribution is 7.89. The minimum absolute atomic E-state index is 0.141. The number of piperidine rings is 1. The van der Waals surface area contributed by atoms with E-state index in [1.807, 2.05) is 0 Å². The first-order valence-electron chi connectivity index (χ1n) is 9.23. The molecule has 0 spiro atoms. The van der Waals surface area contributed by atoms with E-state index < -0.39 is 33.3 Å². The molecule has 2 aliphatic heterocycles. The molecule has 1 aromatic carbocycles. The minimum atomic E-state index is -3.73. The van der Waals surface area contributed by atoms with Crippen LogP contribution in [0.2, 0.25) is 0 Å². The van der Waals surface area contributed by atoms with Crippen molar-refractivity contribution in [3.05, 3.63) is 24.3 Å². The van der Waals surface area contributed by atoms with Crippen LogP contribution in [-0.2, 0) is 19.6 Å². The highest BCUT2D eigenvalue weighted by Crippen LogP contribution is 2.24. The number of carbonyl (C=O) groups is 3. The second-order valence-electron chi connectivity index (χ2n) is 7.42. The molecular formula is C18H24N4O6S. The van der Waals surface area contributed by atoms with Gasteiger partial charge in [0.1, 0.15) is 17.4 Å². The predicted molar refractivity (Wildman–Crippen MR) is 105 cm³/mol. The number of nitrogens with zero attached hydrogens (tertiary/aromatic N) is 1. The summed E-state index contributed by atoms with van der Waals surface area (Å²) in [6, 6.07) is 6.27. The van der Waals surface area contributed by atoms with E-state index in [1.54, 1.807) is 24.3 Å². The SMILES string of the molecule is CC(=O)Nc1ccc(OC2CCN(S(=O)(=O)C[C@@]3(C)NC(=O)NC3=O)CC2)cc1. The molecule has 2 heterocycles. The van der Waals surface area contributed by atoms with E-state index in [1.165, 1.54) is 18.2 Å². The third kappa shape index (κ3) is 5.04. The molecule has 4 amide bonds. The van der Waals surface area contributed by atoms with E-state index in [0.29, 0.717) is 24.3 Å². The van der Waals surface area contributed by atoms with Crippen LogP contribution in [0.4, 0.5) is 10.5 Å². The fourth-order valence-electron chi connectivity index (χ4n) is 3.38. The molecule has 0 radical (unpaired) electrons. The summed E-state index contributed by atoms with van der Waals surface area (Å²) in [6.45, 7) is 3.36. The molecule has 0 bridgehead atoms. The Bertz CT molecular complexity index is 909. The number of hydrogen-bond acceptors (Lipinski definition) is 6. The van der Waals surface area contributed by atoms with Gasteiger partial charge in [-0.05, 0) is 44.0 Å². The van der Waals surface area contributed by atoms with Crippen molar-refractivity contribution < 1.29 is 27.5 Å². The maximum absolute atomic E-state index is 12.7. The molecule has 3 rings (SSSR count). The van der Waals surface area contributed by atoms with Crippen LogP contribution < -0.4 is 20.7 Å². The third-order valence-electron chi connectivity index (χ3n) is 4.86. The number of amides is 4. The van der Waals surface area contributed by atoms with Crippen molar-refractivity contribution in [1.29, 1.82) is 0 Å². The number of hydrogen-bond donors (Lipinski definition) is 3. The summed E-state index contributed by atoms with van der Waals surface area (Å²) in [4.78, 5) is 34.3. The first-order valence-corrected chi connectivity index (χ1v) is 10.8. The Labute approximate surface area is 169 Å². The molecular weight excluding hydrogens is 400 g/mol. The fourth-order valence-corrected chi connectivity index (χ4v) is 5.26. The Morgan fingerprint density at radius 3 is 2.38 bits per heavy atom. The molecule has 29 heavy (non-hydrogen) atoms. The highest BCUT2D eigenvalue weighted by atomic mass is 32.2. The van der Waals surface area contributed by atoms with Gasteiger partial charge in [-0.15, -0.1) is 0 Å². The molecule has 1 aromatic rings. The molecule has 2 saturated heterocycles. The molecule has 0 aromatic heterocycles. The van der Waals surface area contributed by atoms with Crippen LogP contribution in [-0.4, -0.2) is 61.1 Å². The number of ether oxygens (including phenoxy) is 1. The lowest BCUT2D eigenvalue weighted by atomic mass is 10.1. The molecule has 0 unspecified atom stereocenters. The summed E-state index contributed by atoms with van der Waals surface area (Å²) in [5.74, 6) is -0.658. The van der Waals surface area contributed by atoms with Crippen LogP contribution in [0.25, 0.3) is 0 Å². The molecule has 158 valence electrons. The second-order valence-corrected chi connectivity index (χ2v) is 9.39. The van der Waals surface area contributed by atoms with Gasteiger partial charge >= 0.3 is 6.03 Å². The molecule has 3 N–H and O–H groups in total. The van der Waals surface area contributed by atoms with Gasteiger partial charge in [-0.3, -0.25) is 14.9 Å². The van der Waals surface area contributed by atoms with Crippen molar-refractivity contribution in [2.45, 2.75) is 38.3 Å². The van der Waals surface area contributed by atoms with Gasteiger partial charge in [-0.1, -0.05) is 0 Å². The Morgan fingerprint density at radius 1 is 1.24 bits per heavy atom. The smallest absolute Gasteiger partial charge is 0.322 e. The van der Waals surface area contributed by atoms with E-state index in [2.05, 4.69) is 16.0 Å². The van der Waals surface area contributed by atoms with Crippen molar-refractivity contribution in [2.24, 2.45) is 0 Å². The lowest BCUT2D eigenvalue weighted by Crippen LogP contribution is -2.53. The zero-order valence-corrected chi connectivity index (χ0v) is 17.0. The Kier molecular flexibility index (Phi) is 5.80. The second kappa shape index (κ2) is 7.99. The largest absolute Gasteiger partial charge is 0.490 e. The van der Waals surface area contributed by atoms with E-state index in [0.717, 1.165) is 0 Å². The van der Waals surface area contributed by atoms with E-state index in [4.69, 9.17) is 4.74 Å². The number of benzene rings is 1. The lowest BCUT2D eigenvalue weighted by molar-refractivity contribution is -0.122. The van der Waals surface area contributed by atoms with E-state index in [9.17, 15) is 22.8 Å². The molecule has 0 aliphatic carbocycles. The third-order valence-corrected chi connectivity index (χ3v) is 6.95. The Hall–Kier alpha value is -2.66. The molecule has 10 nitrogen and oxygen atoms in total. The maximum atomic E-state index is 12.7. The van der Waals surface area contributed by atoms with Crippen molar-refractivity contribution in [3.8, 4) is 5.75 Å². The number of sulfonamides is 1. The standard InChI is InChI=1S/C18H24N4O6S/c1-12(23)19-13-3-5-14(6-4-13)28-15-7-9-22(10-8-15)29(26,27)11-18(2)16(24)20-17(25)21-18/h3-6,15H,7-11H2,1-2H3,(H,19,23)(H2,20,21,24,25)/t18-/m1/s1. The molecule has 0 saturated carbocycles. The van der Waals surface area contributed by atoms with Crippen LogP contribution >= 0.6 is 0 Å². The molecule has 11 heteroatoms. The first kappa shape index (κ1) is 21.1. The highest BCUT2D eigenvalue weighted by Gasteiger charge is 2.46. The van der Waals surface area contributed by atoms with Gasteiger partial charge in [0, 0.05) is 25.7 Å². The Morgan fingerprint density at radius 2 is 1.86 bits per heavy atom. The van der Waals surface area contributed by atoms with Crippen LogP contribution in [0.15, 0.2) is 24.3 Å². The first-order chi connectivity index (χ1) is 13.6. The number of anilines is 1. The normalized spacial score (nSPS) is 23.4. The number of carbonyl (C=O) groups excluding carboxylic acids is 3. The number of rotatable bonds is 6. The van der Waals surface area contributed by atoms with Crippen LogP contribution in [0.3, 0.4) is 0 Å². The van der Waals surface area contributed by atoms with Crippen LogP contribution in [0.1, 0.15) is 26.7 Å². The summed E-state index contributed by atoms with van der Waals surface area (Å²) in [5, 5.41) is 7.12. The van der Waals surface area contributed by atoms with Crippen LogP contribution in [0.5, 0.6) is 5.75 Å². The molecule has 2 aliphatic rings. The van der Waals surface area contributed by atoms with E-state index in [-0.39, 0.29) is 25.1 Å². The molecule has 2 fully saturated rings. The summed E-state index contributed by atoms with van der Waals surface area (Å²) >= 11 is 0. The van der Waals surface area contributed by atoms with Gasteiger partial charge in [0.15, 0.2) is 0 Å². The monoisotopic (exact) mass is 424 g/mol. The van der Waals surface area contributed by atoms with Gasteiger partial charge in [-0.25, -0.2) is 17.5 Å². The zero-order valence-electron chi connectivity index (χ0n) is 16.2. The van der Waals surface area contributed by atoms with Crippen molar-refractivity contribution in [2.75, 3.05) is 24.2 Å². The minimum Gasteiger partial charge on any atom is -0.490 e. The average molecular weight is 424 g/mol. The number of imide groups is 1. The Balaban J connectivity index is 1.54. The van der Waals surface area contributed by atoms with Gasteiger partial charge in [0.25, 0.3) is 5.91 Å². The number of urea groups is 1. The van der Waals surface area contributed by atoms with Crippen molar-refractivity contribution in [1.82, 2.24) is 14.9 Å².